The number of nitrogens with zero attached hydrogens (tertiary/aromatic N) is 1. The number of amides is 1. The first-order valence-electron chi connectivity index (χ1n) is 8.64. The summed E-state index contributed by atoms with van der Waals surface area (Å²) in [5.74, 6) is -0.782. The van der Waals surface area contributed by atoms with E-state index in [1.807, 2.05) is 31.2 Å². The molecule has 2 aromatic carbocycles. The predicted molar refractivity (Wildman–Crippen MR) is 99.1 cm³/mol. The van der Waals surface area contributed by atoms with Gasteiger partial charge in [-0.2, -0.15) is 0 Å². The molecule has 136 valence electrons. The van der Waals surface area contributed by atoms with Crippen molar-refractivity contribution in [2.24, 2.45) is 0 Å². The number of aryl methyl sites for hydroxylation is 1. The topological polar surface area (TPSA) is 53.7 Å². The molecule has 0 aliphatic carbocycles. The van der Waals surface area contributed by atoms with Crippen LogP contribution in [0, 0.1) is 12.7 Å². The molecule has 0 radical (unpaired) electrons. The van der Waals surface area contributed by atoms with E-state index in [9.17, 15) is 14.3 Å². The molecule has 1 N–H and O–H groups in total. The highest BCUT2D eigenvalue weighted by Gasteiger charge is 2.42. The van der Waals surface area contributed by atoms with Gasteiger partial charge in [-0.15, -0.1) is 0 Å². The second-order valence-electron chi connectivity index (χ2n) is 6.56. The summed E-state index contributed by atoms with van der Waals surface area (Å²) in [4.78, 5) is 14.3. The number of carbonyl (C=O) groups is 1. The first kappa shape index (κ1) is 17.1. The van der Waals surface area contributed by atoms with Crippen molar-refractivity contribution < 1.29 is 18.7 Å². The molecule has 4 rings (SSSR count). The summed E-state index contributed by atoms with van der Waals surface area (Å²) in [6.07, 6.45) is 1.52. The second-order valence-corrected chi connectivity index (χ2v) is 6.56. The molecule has 27 heavy (non-hydrogen) atoms. The number of hydrogen-bond donors (Lipinski definition) is 1. The monoisotopic (exact) mass is 363 g/mol. The number of benzene rings is 2. The number of aliphatic hydroxyl groups excluding tert-OH is 1. The zero-order chi connectivity index (χ0) is 19.0. The summed E-state index contributed by atoms with van der Waals surface area (Å²) in [6, 6.07) is 16.5. The van der Waals surface area contributed by atoms with Gasteiger partial charge in [0.05, 0.1) is 18.8 Å². The van der Waals surface area contributed by atoms with Crippen molar-refractivity contribution in [2.75, 3.05) is 0 Å². The van der Waals surface area contributed by atoms with Crippen LogP contribution < -0.4 is 0 Å². The van der Waals surface area contributed by atoms with Gasteiger partial charge < -0.3 is 14.4 Å². The number of hydrogen-bond acceptors (Lipinski definition) is 3. The summed E-state index contributed by atoms with van der Waals surface area (Å²) in [7, 11) is 0. The smallest absolute Gasteiger partial charge is 0.290 e. The lowest BCUT2D eigenvalue weighted by molar-refractivity contribution is -0.130. The molecule has 0 bridgehead atoms. The van der Waals surface area contributed by atoms with E-state index in [2.05, 4.69) is 0 Å². The Morgan fingerprint density at radius 3 is 2.48 bits per heavy atom. The highest BCUT2D eigenvalue weighted by atomic mass is 19.1. The van der Waals surface area contributed by atoms with Crippen LogP contribution >= 0.6 is 0 Å². The fourth-order valence-electron chi connectivity index (χ4n) is 3.44. The third-order valence-electron chi connectivity index (χ3n) is 4.77. The Morgan fingerprint density at radius 1 is 1.07 bits per heavy atom. The van der Waals surface area contributed by atoms with Crippen LogP contribution in [0.25, 0.3) is 5.57 Å². The first-order valence-corrected chi connectivity index (χ1v) is 8.64. The molecule has 1 atom stereocenters. The molecule has 0 spiro atoms. The van der Waals surface area contributed by atoms with Crippen LogP contribution in [0.15, 0.2) is 77.1 Å². The van der Waals surface area contributed by atoms with E-state index >= 15 is 0 Å². The average molecular weight is 363 g/mol. The van der Waals surface area contributed by atoms with Gasteiger partial charge in [-0.25, -0.2) is 4.39 Å². The molecular formula is C22H18FNO3. The van der Waals surface area contributed by atoms with Crippen molar-refractivity contribution in [3.63, 3.8) is 0 Å². The Hall–Kier alpha value is -3.34. The van der Waals surface area contributed by atoms with E-state index in [1.165, 1.54) is 17.2 Å². The highest BCUT2D eigenvalue weighted by molar-refractivity contribution is 6.05. The molecule has 1 aliphatic rings. The summed E-state index contributed by atoms with van der Waals surface area (Å²) < 4.78 is 20.0. The first-order chi connectivity index (χ1) is 13.1. The molecular weight excluding hydrogens is 345 g/mol. The minimum atomic E-state index is -0.744. The van der Waals surface area contributed by atoms with Crippen LogP contribution in [0.3, 0.4) is 0 Å². The van der Waals surface area contributed by atoms with Gasteiger partial charge in [-0.05, 0) is 30.7 Å². The fourth-order valence-corrected chi connectivity index (χ4v) is 3.44. The van der Waals surface area contributed by atoms with Crippen molar-refractivity contribution in [2.45, 2.75) is 19.5 Å². The number of halogens is 1. The van der Waals surface area contributed by atoms with Crippen LogP contribution in [0.5, 0.6) is 0 Å². The van der Waals surface area contributed by atoms with E-state index in [0.29, 0.717) is 22.5 Å². The van der Waals surface area contributed by atoms with Crippen molar-refractivity contribution in [1.29, 1.82) is 0 Å². The lowest BCUT2D eigenvalue weighted by atomic mass is 9.92. The summed E-state index contributed by atoms with van der Waals surface area (Å²) in [6.45, 7) is 2.08. The molecule has 2 heterocycles. The maximum atomic E-state index is 14.6. The van der Waals surface area contributed by atoms with Gasteiger partial charge in [-0.1, -0.05) is 48.0 Å². The van der Waals surface area contributed by atoms with Crippen molar-refractivity contribution >= 4 is 11.5 Å². The lowest BCUT2D eigenvalue weighted by Crippen LogP contribution is -2.30. The van der Waals surface area contributed by atoms with Crippen LogP contribution in [0.1, 0.15) is 28.5 Å². The van der Waals surface area contributed by atoms with Gasteiger partial charge >= 0.3 is 0 Å². The van der Waals surface area contributed by atoms with Crippen LogP contribution in [-0.2, 0) is 11.3 Å². The fraction of sp³-hybridized carbons (Fsp3) is 0.136. The summed E-state index contributed by atoms with van der Waals surface area (Å²) in [5, 5.41) is 10.6. The standard InChI is InChI=1S/C22H18FNO3/c1-14-8-10-15(11-9-14)19-20(17-6-2-3-7-18(17)23)24(22(26)21(19)25)13-16-5-4-12-27-16/h2-12,20,25H,13H2,1H3/t20-/m1/s1. The Balaban J connectivity index is 1.85. The molecule has 1 amide bonds. The van der Waals surface area contributed by atoms with Crippen LogP contribution in [-0.4, -0.2) is 15.9 Å². The van der Waals surface area contributed by atoms with E-state index in [-0.39, 0.29) is 12.3 Å². The Labute approximate surface area is 156 Å². The van der Waals surface area contributed by atoms with Gasteiger partial charge in [0.15, 0.2) is 5.76 Å². The maximum Gasteiger partial charge on any atom is 0.290 e. The molecule has 0 saturated carbocycles. The van der Waals surface area contributed by atoms with E-state index in [1.54, 1.807) is 30.3 Å². The molecule has 0 saturated heterocycles. The molecule has 1 aromatic heterocycles. The van der Waals surface area contributed by atoms with Crippen molar-refractivity contribution in [1.82, 2.24) is 4.90 Å². The molecule has 4 nitrogen and oxygen atoms in total. The van der Waals surface area contributed by atoms with Gasteiger partial charge in [0.25, 0.3) is 5.91 Å². The van der Waals surface area contributed by atoms with Gasteiger partial charge in [0.1, 0.15) is 11.6 Å². The Bertz CT molecular complexity index is 1010. The summed E-state index contributed by atoms with van der Waals surface area (Å²) in [5.41, 5.74) is 2.47. The highest BCUT2D eigenvalue weighted by Crippen LogP contribution is 2.44. The SMILES string of the molecule is Cc1ccc(C2=C(O)C(=O)N(Cc3ccco3)[C@@H]2c2ccccc2F)cc1. The van der Waals surface area contributed by atoms with E-state index < -0.39 is 17.8 Å². The van der Waals surface area contributed by atoms with E-state index in [4.69, 9.17) is 4.42 Å². The number of furan rings is 1. The van der Waals surface area contributed by atoms with Crippen molar-refractivity contribution in [3.8, 4) is 0 Å². The molecule has 1 aliphatic heterocycles. The largest absolute Gasteiger partial charge is 0.503 e. The minimum Gasteiger partial charge on any atom is -0.503 e. The van der Waals surface area contributed by atoms with Gasteiger partial charge in [0.2, 0.25) is 0 Å². The summed E-state index contributed by atoms with van der Waals surface area (Å²) >= 11 is 0. The third-order valence-corrected chi connectivity index (χ3v) is 4.77. The number of rotatable bonds is 4. The normalized spacial score (nSPS) is 17.0. The van der Waals surface area contributed by atoms with Gasteiger partial charge in [-0.3, -0.25) is 4.79 Å². The average Bonchev–Trinajstić information content (AvgIpc) is 3.26. The number of aliphatic hydroxyl groups is 1. The zero-order valence-corrected chi connectivity index (χ0v) is 14.7. The quantitative estimate of drug-likeness (QED) is 0.726. The molecule has 3 aromatic rings. The molecule has 5 heteroatoms. The van der Waals surface area contributed by atoms with Crippen LogP contribution in [0.4, 0.5) is 4.39 Å². The second kappa shape index (κ2) is 6.76. The Kier molecular flexibility index (Phi) is 4.28. The zero-order valence-electron chi connectivity index (χ0n) is 14.7. The molecule has 0 fully saturated rings. The van der Waals surface area contributed by atoms with Gasteiger partial charge in [0, 0.05) is 11.1 Å². The van der Waals surface area contributed by atoms with Crippen molar-refractivity contribution in [3.05, 3.63) is 101 Å². The minimum absolute atomic E-state index is 0.129. The maximum absolute atomic E-state index is 14.6. The predicted octanol–water partition coefficient (Wildman–Crippen LogP) is 4.78. The van der Waals surface area contributed by atoms with E-state index in [0.717, 1.165) is 5.56 Å². The lowest BCUT2D eigenvalue weighted by Gasteiger charge is -2.27. The van der Waals surface area contributed by atoms with Crippen LogP contribution in [0.2, 0.25) is 0 Å². The Morgan fingerprint density at radius 2 is 1.81 bits per heavy atom. The number of carbonyl (C=O) groups excluding carboxylic acids is 1. The molecule has 0 unspecified atom stereocenters. The third kappa shape index (κ3) is 3.01.